The second-order valence-corrected chi connectivity index (χ2v) is 8.49. The summed E-state index contributed by atoms with van der Waals surface area (Å²) in [5, 5.41) is 9.96. The molecule has 0 aliphatic heterocycles. The molecule has 0 aliphatic carbocycles. The Morgan fingerprint density at radius 2 is 1.81 bits per heavy atom. The highest BCUT2D eigenvalue weighted by atomic mass is 35.5. The van der Waals surface area contributed by atoms with Crippen LogP contribution in [0.2, 0.25) is 5.02 Å². The van der Waals surface area contributed by atoms with Crippen molar-refractivity contribution < 1.29 is 14.3 Å². The van der Waals surface area contributed by atoms with E-state index in [1.165, 1.54) is 0 Å². The number of benzene rings is 3. The highest BCUT2D eigenvalue weighted by Gasteiger charge is 2.24. The minimum atomic E-state index is -0.453. The molecule has 0 bridgehead atoms. The molecule has 0 saturated heterocycles. The fourth-order valence-electron chi connectivity index (χ4n) is 4.24. The second-order valence-electron chi connectivity index (χ2n) is 8.06. The average molecular weight is 499 g/mol. The molecule has 5 aromatic rings. The van der Waals surface area contributed by atoms with Gasteiger partial charge in [-0.1, -0.05) is 59.3 Å². The van der Waals surface area contributed by atoms with Crippen molar-refractivity contribution in [2.75, 3.05) is 13.7 Å². The first-order valence-electron chi connectivity index (χ1n) is 11.5. The molecule has 2 heterocycles. The molecule has 8 heteroatoms. The summed E-state index contributed by atoms with van der Waals surface area (Å²) in [7, 11) is 1.62. The van der Waals surface area contributed by atoms with E-state index in [0.29, 0.717) is 33.2 Å². The Balaban J connectivity index is 1.68. The SMILES string of the molecule is CCOC(=O)c1c(Cn2cc(-c3ccccc3OC)nn2)nc2ccc(Cl)cc2c1-c1ccccc1. The quantitative estimate of drug-likeness (QED) is 0.254. The van der Waals surface area contributed by atoms with Crippen LogP contribution in [0.4, 0.5) is 0 Å². The molecule has 0 atom stereocenters. The average Bonchev–Trinajstić information content (AvgIpc) is 3.37. The number of carbonyl (C=O) groups is 1. The standard InChI is InChI=1S/C28H23ClN4O3/c1-3-36-28(34)27-24(17-33-16-23(31-32-33)20-11-7-8-12-25(20)35-2)30-22-14-13-19(29)15-21(22)26(27)18-9-5-4-6-10-18/h4-16H,3,17H2,1-2H3. The Hall–Kier alpha value is -4.23. The Morgan fingerprint density at radius 3 is 2.58 bits per heavy atom. The van der Waals surface area contributed by atoms with Gasteiger partial charge in [-0.05, 0) is 42.8 Å². The van der Waals surface area contributed by atoms with E-state index in [1.807, 2.05) is 72.9 Å². The molecule has 0 saturated carbocycles. The first-order chi connectivity index (χ1) is 17.6. The van der Waals surface area contributed by atoms with Crippen LogP contribution >= 0.6 is 11.6 Å². The number of nitrogens with zero attached hydrogens (tertiary/aromatic N) is 4. The Bertz CT molecular complexity index is 1550. The summed E-state index contributed by atoms with van der Waals surface area (Å²) >= 11 is 6.35. The number of fused-ring (bicyclic) bond motifs is 1. The third kappa shape index (κ3) is 4.53. The van der Waals surface area contributed by atoms with Gasteiger partial charge in [0.05, 0.1) is 43.2 Å². The summed E-state index contributed by atoms with van der Waals surface area (Å²) in [6, 6.07) is 22.8. The van der Waals surface area contributed by atoms with Crippen molar-refractivity contribution >= 4 is 28.5 Å². The number of aromatic nitrogens is 4. The zero-order chi connectivity index (χ0) is 25.1. The predicted molar refractivity (Wildman–Crippen MR) is 139 cm³/mol. The van der Waals surface area contributed by atoms with Gasteiger partial charge in [0.15, 0.2) is 0 Å². The van der Waals surface area contributed by atoms with E-state index in [4.69, 9.17) is 26.1 Å². The number of carbonyl (C=O) groups excluding carboxylic acids is 1. The molecule has 2 aromatic heterocycles. The summed E-state index contributed by atoms with van der Waals surface area (Å²) in [4.78, 5) is 18.2. The van der Waals surface area contributed by atoms with Crippen LogP contribution in [0.1, 0.15) is 23.0 Å². The summed E-state index contributed by atoms with van der Waals surface area (Å²) in [6.45, 7) is 2.23. The number of halogens is 1. The van der Waals surface area contributed by atoms with E-state index in [-0.39, 0.29) is 13.2 Å². The van der Waals surface area contributed by atoms with Crippen molar-refractivity contribution in [3.63, 3.8) is 0 Å². The highest BCUT2D eigenvalue weighted by Crippen LogP contribution is 2.35. The van der Waals surface area contributed by atoms with Gasteiger partial charge in [-0.25, -0.2) is 14.5 Å². The van der Waals surface area contributed by atoms with Gasteiger partial charge in [0.1, 0.15) is 11.4 Å². The number of hydrogen-bond donors (Lipinski definition) is 0. The molecule has 36 heavy (non-hydrogen) atoms. The fraction of sp³-hybridized carbons (Fsp3) is 0.143. The Morgan fingerprint density at radius 1 is 1.03 bits per heavy atom. The molecule has 3 aromatic carbocycles. The van der Waals surface area contributed by atoms with Gasteiger partial charge in [-0.2, -0.15) is 0 Å². The first-order valence-corrected chi connectivity index (χ1v) is 11.8. The third-order valence-electron chi connectivity index (χ3n) is 5.80. The molecule has 7 nitrogen and oxygen atoms in total. The third-order valence-corrected chi connectivity index (χ3v) is 6.03. The minimum Gasteiger partial charge on any atom is -0.496 e. The van der Waals surface area contributed by atoms with Crippen molar-refractivity contribution in [1.82, 2.24) is 20.0 Å². The lowest BCUT2D eigenvalue weighted by molar-refractivity contribution is 0.0525. The van der Waals surface area contributed by atoms with Crippen LogP contribution in [0, 0.1) is 0 Å². The van der Waals surface area contributed by atoms with Crippen LogP contribution in [-0.2, 0) is 11.3 Å². The molecule has 0 unspecified atom stereocenters. The van der Waals surface area contributed by atoms with Gasteiger partial charge in [-0.3, -0.25) is 0 Å². The van der Waals surface area contributed by atoms with Crippen molar-refractivity contribution in [1.29, 1.82) is 0 Å². The molecule has 5 rings (SSSR count). The summed E-state index contributed by atoms with van der Waals surface area (Å²) in [5.74, 6) is 0.245. The van der Waals surface area contributed by atoms with Gasteiger partial charge in [0.25, 0.3) is 0 Å². The summed E-state index contributed by atoms with van der Waals surface area (Å²) in [6.07, 6.45) is 1.81. The van der Waals surface area contributed by atoms with E-state index >= 15 is 0 Å². The smallest absolute Gasteiger partial charge is 0.340 e. The van der Waals surface area contributed by atoms with Gasteiger partial charge >= 0.3 is 5.97 Å². The number of methoxy groups -OCH3 is 1. The number of pyridine rings is 1. The highest BCUT2D eigenvalue weighted by molar-refractivity contribution is 6.31. The van der Waals surface area contributed by atoms with Crippen molar-refractivity contribution in [3.05, 3.63) is 95.3 Å². The predicted octanol–water partition coefficient (Wildman–Crippen LogP) is 6.05. The maximum absolute atomic E-state index is 13.3. The van der Waals surface area contributed by atoms with E-state index in [9.17, 15) is 4.79 Å². The van der Waals surface area contributed by atoms with E-state index in [2.05, 4.69) is 10.3 Å². The Labute approximate surface area is 213 Å². The molecule has 0 aliphatic rings. The van der Waals surface area contributed by atoms with Gasteiger partial charge < -0.3 is 9.47 Å². The monoisotopic (exact) mass is 498 g/mol. The number of rotatable bonds is 7. The molecular formula is C28H23ClN4O3. The fourth-order valence-corrected chi connectivity index (χ4v) is 4.41. The second kappa shape index (κ2) is 10.2. The van der Waals surface area contributed by atoms with Crippen LogP contribution in [0.15, 0.2) is 79.0 Å². The lowest BCUT2D eigenvalue weighted by Gasteiger charge is -2.17. The molecule has 180 valence electrons. The van der Waals surface area contributed by atoms with E-state index < -0.39 is 5.97 Å². The lowest BCUT2D eigenvalue weighted by atomic mass is 9.94. The lowest BCUT2D eigenvalue weighted by Crippen LogP contribution is -2.15. The van der Waals surface area contributed by atoms with Crippen LogP contribution in [0.25, 0.3) is 33.3 Å². The first kappa shape index (κ1) is 23.5. The van der Waals surface area contributed by atoms with Gasteiger partial charge in [0.2, 0.25) is 0 Å². The number of ether oxygens (including phenoxy) is 2. The number of para-hydroxylation sites is 1. The topological polar surface area (TPSA) is 79.1 Å². The molecule has 0 spiro atoms. The number of esters is 1. The normalized spacial score (nSPS) is 11.0. The van der Waals surface area contributed by atoms with Crippen LogP contribution in [0.3, 0.4) is 0 Å². The zero-order valence-corrected chi connectivity index (χ0v) is 20.6. The van der Waals surface area contributed by atoms with Crippen molar-refractivity contribution in [3.8, 4) is 28.1 Å². The van der Waals surface area contributed by atoms with Crippen LogP contribution < -0.4 is 4.74 Å². The van der Waals surface area contributed by atoms with Gasteiger partial charge in [-0.15, -0.1) is 5.10 Å². The molecule has 0 fully saturated rings. The van der Waals surface area contributed by atoms with E-state index in [0.717, 1.165) is 22.1 Å². The van der Waals surface area contributed by atoms with Crippen molar-refractivity contribution in [2.24, 2.45) is 0 Å². The molecule has 0 radical (unpaired) electrons. The maximum Gasteiger partial charge on any atom is 0.340 e. The number of hydrogen-bond acceptors (Lipinski definition) is 6. The largest absolute Gasteiger partial charge is 0.496 e. The van der Waals surface area contributed by atoms with E-state index in [1.54, 1.807) is 24.8 Å². The molecule has 0 amide bonds. The van der Waals surface area contributed by atoms with Crippen LogP contribution in [0.5, 0.6) is 5.75 Å². The maximum atomic E-state index is 13.3. The van der Waals surface area contributed by atoms with Crippen molar-refractivity contribution in [2.45, 2.75) is 13.5 Å². The summed E-state index contributed by atoms with van der Waals surface area (Å²) in [5.41, 5.74) is 4.69. The zero-order valence-electron chi connectivity index (χ0n) is 19.8. The molecular weight excluding hydrogens is 476 g/mol. The summed E-state index contributed by atoms with van der Waals surface area (Å²) < 4.78 is 12.6. The Kier molecular flexibility index (Phi) is 6.64. The van der Waals surface area contributed by atoms with Crippen LogP contribution in [-0.4, -0.2) is 39.7 Å². The van der Waals surface area contributed by atoms with Gasteiger partial charge in [0, 0.05) is 21.5 Å². The minimum absolute atomic E-state index is 0.217. The molecule has 0 N–H and O–H groups in total.